The summed E-state index contributed by atoms with van der Waals surface area (Å²) in [6, 6.07) is 10.6. The van der Waals surface area contributed by atoms with Gasteiger partial charge in [-0.25, -0.2) is 0 Å². The predicted octanol–water partition coefficient (Wildman–Crippen LogP) is 1.70. The maximum Gasteiger partial charge on any atom is 0.252 e. The van der Waals surface area contributed by atoms with E-state index in [1.165, 1.54) is 17.8 Å². The summed E-state index contributed by atoms with van der Waals surface area (Å²) in [6.45, 7) is 1.80. The number of H-pyrrole nitrogens is 1. The van der Waals surface area contributed by atoms with Crippen molar-refractivity contribution < 1.29 is 4.79 Å². The van der Waals surface area contributed by atoms with Gasteiger partial charge in [0.05, 0.1) is 5.75 Å². The monoisotopic (exact) mass is 300 g/mol. The van der Waals surface area contributed by atoms with Crippen molar-refractivity contribution in [2.75, 3.05) is 5.75 Å². The summed E-state index contributed by atoms with van der Waals surface area (Å²) in [5.41, 5.74) is 1.18. The SMILES string of the molecule is Cc1cc(=O)[nH]c2nnc(SCC(=O)c3ccccc3)n12. The maximum absolute atomic E-state index is 12.1. The number of aryl methyl sites for hydroxylation is 1. The van der Waals surface area contributed by atoms with E-state index in [2.05, 4.69) is 15.2 Å². The molecule has 7 heteroatoms. The fraction of sp³-hybridized carbons (Fsp3) is 0.143. The molecule has 2 aromatic heterocycles. The van der Waals surface area contributed by atoms with Crippen LogP contribution in [0.2, 0.25) is 0 Å². The molecule has 0 atom stereocenters. The van der Waals surface area contributed by atoms with Crippen LogP contribution in [0.25, 0.3) is 5.78 Å². The van der Waals surface area contributed by atoms with Crippen LogP contribution in [0, 0.1) is 6.92 Å². The lowest BCUT2D eigenvalue weighted by molar-refractivity contribution is 0.102. The number of fused-ring (bicyclic) bond motifs is 1. The lowest BCUT2D eigenvalue weighted by Crippen LogP contribution is -2.10. The molecule has 0 spiro atoms. The molecule has 21 heavy (non-hydrogen) atoms. The van der Waals surface area contributed by atoms with Crippen LogP contribution in [0.5, 0.6) is 0 Å². The second-order valence-corrected chi connectivity index (χ2v) is 5.44. The number of aromatic nitrogens is 4. The lowest BCUT2D eigenvalue weighted by atomic mass is 10.2. The molecule has 0 aliphatic carbocycles. The van der Waals surface area contributed by atoms with Gasteiger partial charge in [-0.15, -0.1) is 10.2 Å². The van der Waals surface area contributed by atoms with Crippen molar-refractivity contribution >= 4 is 23.3 Å². The van der Waals surface area contributed by atoms with E-state index in [4.69, 9.17) is 0 Å². The Morgan fingerprint density at radius 2 is 2.05 bits per heavy atom. The number of carbonyl (C=O) groups is 1. The van der Waals surface area contributed by atoms with Crippen molar-refractivity contribution in [3.63, 3.8) is 0 Å². The fourth-order valence-electron chi connectivity index (χ4n) is 2.00. The Kier molecular flexibility index (Phi) is 3.57. The molecule has 2 heterocycles. The molecule has 106 valence electrons. The second kappa shape index (κ2) is 5.53. The van der Waals surface area contributed by atoms with E-state index < -0.39 is 0 Å². The molecule has 3 aromatic rings. The van der Waals surface area contributed by atoms with Gasteiger partial charge in [-0.2, -0.15) is 0 Å². The Bertz CT molecular complexity index is 854. The van der Waals surface area contributed by atoms with Crippen LogP contribution in [0.3, 0.4) is 0 Å². The molecule has 0 radical (unpaired) electrons. The van der Waals surface area contributed by atoms with Crippen LogP contribution in [0.4, 0.5) is 0 Å². The molecule has 0 aliphatic rings. The molecule has 0 bridgehead atoms. The van der Waals surface area contributed by atoms with E-state index in [1.54, 1.807) is 23.5 Å². The molecule has 0 amide bonds. The highest BCUT2D eigenvalue weighted by Crippen LogP contribution is 2.18. The fourth-order valence-corrected chi connectivity index (χ4v) is 2.89. The van der Waals surface area contributed by atoms with Crippen molar-refractivity contribution in [1.29, 1.82) is 0 Å². The Balaban J connectivity index is 1.83. The number of aromatic amines is 1. The minimum absolute atomic E-state index is 0.0272. The molecule has 0 aliphatic heterocycles. The third-order valence-corrected chi connectivity index (χ3v) is 3.92. The number of thioether (sulfide) groups is 1. The number of nitrogens with one attached hydrogen (secondary N) is 1. The number of hydrogen-bond donors (Lipinski definition) is 1. The molecular weight excluding hydrogens is 288 g/mol. The van der Waals surface area contributed by atoms with Crippen LogP contribution in [-0.4, -0.2) is 31.1 Å². The summed E-state index contributed by atoms with van der Waals surface area (Å²) in [4.78, 5) is 26.1. The second-order valence-electron chi connectivity index (χ2n) is 4.49. The number of ketones is 1. The highest BCUT2D eigenvalue weighted by Gasteiger charge is 2.12. The Morgan fingerprint density at radius 3 is 2.81 bits per heavy atom. The van der Waals surface area contributed by atoms with Crippen LogP contribution in [0.15, 0.2) is 46.3 Å². The van der Waals surface area contributed by atoms with Crippen LogP contribution in [-0.2, 0) is 0 Å². The van der Waals surface area contributed by atoms with Gasteiger partial charge in [-0.05, 0) is 6.92 Å². The third-order valence-electron chi connectivity index (χ3n) is 2.99. The van der Waals surface area contributed by atoms with Crippen LogP contribution in [0.1, 0.15) is 16.1 Å². The summed E-state index contributed by atoms with van der Waals surface area (Å²) in [5.74, 6) is 0.678. The zero-order chi connectivity index (χ0) is 14.8. The van der Waals surface area contributed by atoms with Gasteiger partial charge in [-0.3, -0.25) is 19.0 Å². The summed E-state index contributed by atoms with van der Waals surface area (Å²) in [5, 5.41) is 8.52. The number of nitrogens with zero attached hydrogens (tertiary/aromatic N) is 3. The van der Waals surface area contributed by atoms with Gasteiger partial charge in [0, 0.05) is 17.3 Å². The lowest BCUT2D eigenvalue weighted by Gasteiger charge is -2.02. The van der Waals surface area contributed by atoms with Gasteiger partial charge in [-0.1, -0.05) is 42.1 Å². The van der Waals surface area contributed by atoms with Gasteiger partial charge in [0.15, 0.2) is 10.9 Å². The first-order chi connectivity index (χ1) is 10.1. The average Bonchev–Trinajstić information content (AvgIpc) is 2.89. The molecule has 1 aromatic carbocycles. The number of rotatable bonds is 4. The van der Waals surface area contributed by atoms with Crippen molar-refractivity contribution in [3.8, 4) is 0 Å². The van der Waals surface area contributed by atoms with Crippen molar-refractivity contribution in [1.82, 2.24) is 19.6 Å². The minimum atomic E-state index is -0.218. The molecule has 0 fully saturated rings. The topological polar surface area (TPSA) is 80.1 Å². The van der Waals surface area contributed by atoms with Gasteiger partial charge in [0.25, 0.3) is 5.56 Å². The quantitative estimate of drug-likeness (QED) is 0.586. The number of carbonyl (C=O) groups excluding carboxylic acids is 1. The normalized spacial score (nSPS) is 10.9. The molecule has 0 unspecified atom stereocenters. The van der Waals surface area contributed by atoms with E-state index in [0.29, 0.717) is 16.5 Å². The van der Waals surface area contributed by atoms with Crippen LogP contribution < -0.4 is 5.56 Å². The predicted molar refractivity (Wildman–Crippen MR) is 79.8 cm³/mol. The molecule has 0 saturated carbocycles. The maximum atomic E-state index is 12.1. The number of hydrogen-bond acceptors (Lipinski definition) is 5. The molecular formula is C14H12N4O2S. The molecule has 3 rings (SSSR count). The molecule has 1 N–H and O–H groups in total. The van der Waals surface area contributed by atoms with Gasteiger partial charge < -0.3 is 0 Å². The first-order valence-corrected chi connectivity index (χ1v) is 7.30. The highest BCUT2D eigenvalue weighted by atomic mass is 32.2. The van der Waals surface area contributed by atoms with E-state index in [-0.39, 0.29) is 17.1 Å². The minimum Gasteiger partial charge on any atom is -0.293 e. The highest BCUT2D eigenvalue weighted by molar-refractivity contribution is 7.99. The van der Waals surface area contributed by atoms with E-state index in [1.807, 2.05) is 18.2 Å². The Hall–Kier alpha value is -2.41. The Morgan fingerprint density at radius 1 is 1.29 bits per heavy atom. The Labute approximate surface area is 124 Å². The molecule has 6 nitrogen and oxygen atoms in total. The zero-order valence-corrected chi connectivity index (χ0v) is 12.1. The standard InChI is InChI=1S/C14H12N4O2S/c1-9-7-12(20)15-13-16-17-14(18(9)13)21-8-11(19)10-5-3-2-4-6-10/h2-7H,8H2,1H3,(H,15,16,20). The van der Waals surface area contributed by atoms with E-state index in [9.17, 15) is 9.59 Å². The van der Waals surface area contributed by atoms with Gasteiger partial charge in [0.2, 0.25) is 5.78 Å². The van der Waals surface area contributed by atoms with Crippen molar-refractivity contribution in [3.05, 3.63) is 58.0 Å². The first-order valence-electron chi connectivity index (χ1n) is 6.31. The smallest absolute Gasteiger partial charge is 0.252 e. The van der Waals surface area contributed by atoms with Crippen molar-refractivity contribution in [2.45, 2.75) is 12.1 Å². The average molecular weight is 300 g/mol. The number of benzene rings is 1. The van der Waals surface area contributed by atoms with Gasteiger partial charge >= 0.3 is 0 Å². The summed E-state index contributed by atoms with van der Waals surface area (Å²) in [7, 11) is 0. The molecule has 0 saturated heterocycles. The summed E-state index contributed by atoms with van der Waals surface area (Å²) < 4.78 is 1.73. The first kappa shape index (κ1) is 13.6. The van der Waals surface area contributed by atoms with Gasteiger partial charge in [0.1, 0.15) is 0 Å². The van der Waals surface area contributed by atoms with Crippen molar-refractivity contribution in [2.24, 2.45) is 0 Å². The summed E-state index contributed by atoms with van der Waals surface area (Å²) >= 11 is 1.30. The van der Waals surface area contributed by atoms with E-state index in [0.717, 1.165) is 5.69 Å². The zero-order valence-electron chi connectivity index (χ0n) is 11.2. The number of Topliss-reactive ketones (excluding diaryl/α,β-unsaturated/α-hetero) is 1. The van der Waals surface area contributed by atoms with E-state index >= 15 is 0 Å². The summed E-state index contributed by atoms with van der Waals surface area (Å²) in [6.07, 6.45) is 0. The largest absolute Gasteiger partial charge is 0.293 e. The third kappa shape index (κ3) is 2.73. The van der Waals surface area contributed by atoms with Crippen LogP contribution >= 0.6 is 11.8 Å².